The monoisotopic (exact) mass is 366 g/mol. The number of halogens is 1. The Hall–Kier alpha value is -2.50. The molecule has 3 aromatic rings. The number of hydrogen-bond donors (Lipinski definition) is 1. The third-order valence-electron chi connectivity index (χ3n) is 5.22. The number of aliphatic hydroxyl groups excluding tert-OH is 1. The van der Waals surface area contributed by atoms with Crippen molar-refractivity contribution in [3.8, 4) is 11.3 Å². The zero-order chi connectivity index (χ0) is 19.0. The maximum Gasteiger partial charge on any atom is 0.143 e. The summed E-state index contributed by atoms with van der Waals surface area (Å²) >= 11 is 0. The first-order valence-electron chi connectivity index (χ1n) is 9.22. The molecule has 0 saturated heterocycles. The zero-order valence-electron chi connectivity index (χ0n) is 15.6. The van der Waals surface area contributed by atoms with Gasteiger partial charge >= 0.3 is 0 Å². The van der Waals surface area contributed by atoms with Crippen LogP contribution in [0, 0.1) is 19.7 Å². The van der Waals surface area contributed by atoms with Gasteiger partial charge in [0.05, 0.1) is 6.10 Å². The molecule has 0 bridgehead atoms. The summed E-state index contributed by atoms with van der Waals surface area (Å²) in [5.41, 5.74) is 5.65. The minimum absolute atomic E-state index is 0.290. The molecule has 1 aliphatic heterocycles. The Morgan fingerprint density at radius 2 is 2.07 bits per heavy atom. The molecule has 1 aromatic heterocycles. The van der Waals surface area contributed by atoms with E-state index in [0.717, 1.165) is 41.0 Å². The molecular weight excluding hydrogens is 343 g/mol. The number of aromatic nitrogens is 1. The average Bonchev–Trinajstić information content (AvgIpc) is 3.05. The van der Waals surface area contributed by atoms with Gasteiger partial charge in [-0.3, -0.25) is 4.90 Å². The van der Waals surface area contributed by atoms with Crippen molar-refractivity contribution in [2.75, 3.05) is 13.1 Å². The second-order valence-electron chi connectivity index (χ2n) is 7.30. The lowest BCUT2D eigenvalue weighted by molar-refractivity contribution is 0.103. The molecule has 0 amide bonds. The first-order chi connectivity index (χ1) is 13.0. The van der Waals surface area contributed by atoms with Crippen molar-refractivity contribution >= 4 is 0 Å². The standard InChI is InChI=1S/C22H23FN2O2/c1-14-6-7-18(15(2)10-14)20(26)13-25-9-8-21-19(12-25)22(24-27-21)16-4-3-5-17(23)11-16/h3-7,10-11,20,26H,8-9,12-13H2,1-2H3/t20-/m0/s1. The van der Waals surface area contributed by atoms with Crippen LogP contribution in [0.15, 0.2) is 47.0 Å². The molecule has 140 valence electrons. The largest absolute Gasteiger partial charge is 0.387 e. The van der Waals surface area contributed by atoms with Crippen molar-refractivity contribution in [2.24, 2.45) is 0 Å². The molecular formula is C22H23FN2O2. The van der Waals surface area contributed by atoms with Gasteiger partial charge in [0.1, 0.15) is 17.3 Å². The first-order valence-corrected chi connectivity index (χ1v) is 9.22. The second-order valence-corrected chi connectivity index (χ2v) is 7.30. The fourth-order valence-corrected chi connectivity index (χ4v) is 3.83. The quantitative estimate of drug-likeness (QED) is 0.752. The molecule has 0 fully saturated rings. The van der Waals surface area contributed by atoms with Crippen molar-refractivity contribution < 1.29 is 14.0 Å². The summed E-state index contributed by atoms with van der Waals surface area (Å²) in [7, 11) is 0. The lowest BCUT2D eigenvalue weighted by Gasteiger charge is -2.28. The zero-order valence-corrected chi connectivity index (χ0v) is 15.6. The van der Waals surface area contributed by atoms with Gasteiger partial charge in [-0.15, -0.1) is 0 Å². The number of aliphatic hydroxyl groups is 1. The van der Waals surface area contributed by atoms with Gasteiger partial charge in [0, 0.05) is 37.2 Å². The van der Waals surface area contributed by atoms with Crippen molar-refractivity contribution in [1.29, 1.82) is 0 Å². The van der Waals surface area contributed by atoms with Crippen LogP contribution >= 0.6 is 0 Å². The Balaban J connectivity index is 1.54. The number of hydrogen-bond acceptors (Lipinski definition) is 4. The number of benzene rings is 2. The lowest BCUT2D eigenvalue weighted by Crippen LogP contribution is -2.33. The number of β-amino-alcohol motifs (C(OH)–C–C–N with tert-alkyl or cyclic N) is 1. The summed E-state index contributed by atoms with van der Waals surface area (Å²) in [5, 5.41) is 14.9. The molecule has 0 spiro atoms. The normalized spacial score (nSPS) is 15.6. The van der Waals surface area contributed by atoms with Gasteiger partial charge in [0.15, 0.2) is 0 Å². The van der Waals surface area contributed by atoms with Crippen LogP contribution in [-0.2, 0) is 13.0 Å². The number of fused-ring (bicyclic) bond motifs is 1. The Labute approximate surface area is 158 Å². The molecule has 0 unspecified atom stereocenters. The van der Waals surface area contributed by atoms with Crippen LogP contribution in [0.5, 0.6) is 0 Å². The predicted octanol–water partition coefficient (Wildman–Crippen LogP) is 4.19. The average molecular weight is 366 g/mol. The summed E-state index contributed by atoms with van der Waals surface area (Å²) in [6, 6.07) is 12.5. The van der Waals surface area contributed by atoms with E-state index in [-0.39, 0.29) is 5.82 Å². The highest BCUT2D eigenvalue weighted by atomic mass is 19.1. The summed E-state index contributed by atoms with van der Waals surface area (Å²) < 4.78 is 19.1. The SMILES string of the molecule is Cc1ccc([C@@H](O)CN2CCc3onc(-c4cccc(F)c4)c3C2)c(C)c1. The second kappa shape index (κ2) is 7.25. The molecule has 27 heavy (non-hydrogen) atoms. The molecule has 5 heteroatoms. The van der Waals surface area contributed by atoms with Crippen molar-refractivity contribution in [2.45, 2.75) is 32.9 Å². The molecule has 0 radical (unpaired) electrons. The summed E-state index contributed by atoms with van der Waals surface area (Å²) in [4.78, 5) is 2.20. The predicted molar refractivity (Wildman–Crippen MR) is 102 cm³/mol. The fourth-order valence-electron chi connectivity index (χ4n) is 3.83. The maximum atomic E-state index is 13.6. The number of aryl methyl sites for hydroxylation is 2. The smallest absolute Gasteiger partial charge is 0.143 e. The van der Waals surface area contributed by atoms with Crippen LogP contribution < -0.4 is 0 Å². The van der Waals surface area contributed by atoms with Crippen molar-refractivity contribution in [3.63, 3.8) is 0 Å². The van der Waals surface area contributed by atoms with Crippen LogP contribution in [0.2, 0.25) is 0 Å². The maximum absolute atomic E-state index is 13.6. The van der Waals surface area contributed by atoms with E-state index in [0.29, 0.717) is 18.8 Å². The van der Waals surface area contributed by atoms with E-state index in [9.17, 15) is 9.50 Å². The van der Waals surface area contributed by atoms with E-state index in [1.54, 1.807) is 6.07 Å². The molecule has 1 N–H and O–H groups in total. The van der Waals surface area contributed by atoms with Gasteiger partial charge in [-0.1, -0.05) is 41.1 Å². The molecule has 1 atom stereocenters. The van der Waals surface area contributed by atoms with Crippen molar-refractivity contribution in [1.82, 2.24) is 10.1 Å². The van der Waals surface area contributed by atoms with Gasteiger partial charge < -0.3 is 9.63 Å². The topological polar surface area (TPSA) is 49.5 Å². The van der Waals surface area contributed by atoms with Crippen LogP contribution in [0.3, 0.4) is 0 Å². The minimum Gasteiger partial charge on any atom is -0.387 e. The number of rotatable bonds is 4. The van der Waals surface area contributed by atoms with Gasteiger partial charge in [-0.2, -0.15) is 0 Å². The fraction of sp³-hybridized carbons (Fsp3) is 0.318. The van der Waals surface area contributed by atoms with Crippen LogP contribution in [0.25, 0.3) is 11.3 Å². The van der Waals surface area contributed by atoms with E-state index in [1.807, 2.05) is 25.1 Å². The molecule has 0 saturated carbocycles. The first kappa shape index (κ1) is 17.9. The Morgan fingerprint density at radius 1 is 1.22 bits per heavy atom. The summed E-state index contributed by atoms with van der Waals surface area (Å²) in [5.74, 6) is 0.564. The van der Waals surface area contributed by atoms with Crippen LogP contribution in [-0.4, -0.2) is 28.3 Å². The van der Waals surface area contributed by atoms with Crippen LogP contribution in [0.1, 0.15) is 34.1 Å². The van der Waals surface area contributed by atoms with Crippen molar-refractivity contribution in [3.05, 3.63) is 76.3 Å². The van der Waals surface area contributed by atoms with Gasteiger partial charge in [0.2, 0.25) is 0 Å². The highest BCUT2D eigenvalue weighted by Crippen LogP contribution is 2.31. The third-order valence-corrected chi connectivity index (χ3v) is 5.22. The molecule has 4 nitrogen and oxygen atoms in total. The van der Waals surface area contributed by atoms with E-state index in [4.69, 9.17) is 4.52 Å². The van der Waals surface area contributed by atoms with Crippen LogP contribution in [0.4, 0.5) is 4.39 Å². The van der Waals surface area contributed by atoms with E-state index >= 15 is 0 Å². The van der Waals surface area contributed by atoms with E-state index in [2.05, 4.69) is 23.0 Å². The third kappa shape index (κ3) is 3.66. The van der Waals surface area contributed by atoms with Gasteiger partial charge in [-0.25, -0.2) is 4.39 Å². The molecule has 2 heterocycles. The summed E-state index contributed by atoms with van der Waals surface area (Å²) in [6.07, 6.45) is 0.182. The highest BCUT2D eigenvalue weighted by Gasteiger charge is 2.26. The molecule has 2 aromatic carbocycles. The Kier molecular flexibility index (Phi) is 4.81. The molecule has 4 rings (SSSR count). The molecule has 1 aliphatic rings. The van der Waals surface area contributed by atoms with Gasteiger partial charge in [0.25, 0.3) is 0 Å². The Morgan fingerprint density at radius 3 is 2.85 bits per heavy atom. The Bertz CT molecular complexity index is 967. The molecule has 0 aliphatic carbocycles. The van der Waals surface area contributed by atoms with Gasteiger partial charge in [-0.05, 0) is 37.1 Å². The number of nitrogens with zero attached hydrogens (tertiary/aromatic N) is 2. The van der Waals surface area contributed by atoms with E-state index < -0.39 is 6.10 Å². The highest BCUT2D eigenvalue weighted by molar-refractivity contribution is 5.63. The van der Waals surface area contributed by atoms with E-state index in [1.165, 1.54) is 17.7 Å². The lowest BCUT2D eigenvalue weighted by atomic mass is 9.98. The summed E-state index contributed by atoms with van der Waals surface area (Å²) in [6.45, 7) is 6.05. The minimum atomic E-state index is -0.551.